The Morgan fingerprint density at radius 2 is 1.58 bits per heavy atom. The minimum atomic E-state index is 0.420. The van der Waals surface area contributed by atoms with Gasteiger partial charge in [-0.15, -0.1) is 0 Å². The second-order valence-corrected chi connectivity index (χ2v) is 5.37. The zero-order chi connectivity index (χ0) is 16.9. The van der Waals surface area contributed by atoms with Crippen molar-refractivity contribution in [3.8, 4) is 22.5 Å². The molecule has 0 aliphatic rings. The van der Waals surface area contributed by atoms with Crippen molar-refractivity contribution < 1.29 is 4.74 Å². The Morgan fingerprint density at radius 1 is 1.04 bits per heavy atom. The Morgan fingerprint density at radius 3 is 2.12 bits per heavy atom. The standard InChI is InChI=1S/C20H19N3O/c1-4-13-24-15(3)18-14(2)19(16-5-9-21-10-6-16)23-20(18)17-7-11-22-12-8-17/h4-12,23H,1,3,13H2,2H3. The van der Waals surface area contributed by atoms with Crippen molar-refractivity contribution in [3.63, 3.8) is 0 Å². The van der Waals surface area contributed by atoms with Gasteiger partial charge in [-0.2, -0.15) is 0 Å². The Hall–Kier alpha value is -3.14. The van der Waals surface area contributed by atoms with Crippen molar-refractivity contribution in [1.29, 1.82) is 0 Å². The van der Waals surface area contributed by atoms with Crippen LogP contribution in [0.15, 0.2) is 68.3 Å². The molecule has 0 unspecified atom stereocenters. The summed E-state index contributed by atoms with van der Waals surface area (Å²) < 4.78 is 5.71. The highest BCUT2D eigenvalue weighted by molar-refractivity contribution is 5.84. The molecule has 3 aromatic rings. The van der Waals surface area contributed by atoms with E-state index in [1.165, 1.54) is 0 Å². The Labute approximate surface area is 141 Å². The molecule has 0 radical (unpaired) electrons. The fourth-order valence-electron chi connectivity index (χ4n) is 2.72. The summed E-state index contributed by atoms with van der Waals surface area (Å²) in [6.07, 6.45) is 8.82. The zero-order valence-electron chi connectivity index (χ0n) is 13.6. The number of hydrogen-bond donors (Lipinski definition) is 1. The molecule has 4 nitrogen and oxygen atoms in total. The molecule has 24 heavy (non-hydrogen) atoms. The van der Waals surface area contributed by atoms with Gasteiger partial charge in [0.05, 0.1) is 5.69 Å². The van der Waals surface area contributed by atoms with Gasteiger partial charge in [0.15, 0.2) is 0 Å². The maximum Gasteiger partial charge on any atom is 0.122 e. The van der Waals surface area contributed by atoms with E-state index in [-0.39, 0.29) is 0 Å². The van der Waals surface area contributed by atoms with Gasteiger partial charge in [0.25, 0.3) is 0 Å². The maximum atomic E-state index is 5.71. The SMILES string of the molecule is C=CCOC(=C)c1c(-c2ccncc2)[nH]c(-c2ccncc2)c1C. The van der Waals surface area contributed by atoms with Gasteiger partial charge in [-0.3, -0.25) is 9.97 Å². The van der Waals surface area contributed by atoms with E-state index in [1.807, 2.05) is 24.3 Å². The molecule has 120 valence electrons. The van der Waals surface area contributed by atoms with Crippen LogP contribution < -0.4 is 0 Å². The molecule has 0 saturated heterocycles. The molecule has 0 atom stereocenters. The fourth-order valence-corrected chi connectivity index (χ4v) is 2.72. The van der Waals surface area contributed by atoms with Crippen molar-refractivity contribution in [2.24, 2.45) is 0 Å². The monoisotopic (exact) mass is 317 g/mol. The van der Waals surface area contributed by atoms with E-state index in [9.17, 15) is 0 Å². The van der Waals surface area contributed by atoms with Crippen LogP contribution in [0.4, 0.5) is 0 Å². The lowest BCUT2D eigenvalue weighted by molar-refractivity contribution is 0.321. The van der Waals surface area contributed by atoms with E-state index in [1.54, 1.807) is 30.9 Å². The number of aromatic amines is 1. The topological polar surface area (TPSA) is 50.8 Å². The molecular formula is C20H19N3O. The van der Waals surface area contributed by atoms with Crippen molar-refractivity contribution in [2.45, 2.75) is 6.92 Å². The number of pyridine rings is 2. The van der Waals surface area contributed by atoms with E-state index >= 15 is 0 Å². The van der Waals surface area contributed by atoms with Crippen LogP contribution in [-0.4, -0.2) is 21.6 Å². The molecule has 3 aromatic heterocycles. The summed E-state index contributed by atoms with van der Waals surface area (Å²) >= 11 is 0. The first kappa shape index (κ1) is 15.7. The van der Waals surface area contributed by atoms with Crippen LogP contribution in [0.1, 0.15) is 11.1 Å². The highest BCUT2D eigenvalue weighted by atomic mass is 16.5. The van der Waals surface area contributed by atoms with Gasteiger partial charge in [0, 0.05) is 47.2 Å². The van der Waals surface area contributed by atoms with E-state index in [0.717, 1.165) is 33.6 Å². The van der Waals surface area contributed by atoms with Crippen molar-refractivity contribution in [2.75, 3.05) is 6.61 Å². The predicted octanol–water partition coefficient (Wildman–Crippen LogP) is 4.62. The van der Waals surface area contributed by atoms with Gasteiger partial charge in [0.2, 0.25) is 0 Å². The van der Waals surface area contributed by atoms with Crippen molar-refractivity contribution in [3.05, 3.63) is 79.4 Å². The largest absolute Gasteiger partial charge is 0.489 e. The molecule has 0 fully saturated rings. The number of hydrogen-bond acceptors (Lipinski definition) is 3. The first-order valence-electron chi connectivity index (χ1n) is 7.68. The van der Waals surface area contributed by atoms with Crippen LogP contribution in [0.25, 0.3) is 28.3 Å². The number of ether oxygens (including phenoxy) is 1. The van der Waals surface area contributed by atoms with Crippen LogP contribution >= 0.6 is 0 Å². The second-order valence-electron chi connectivity index (χ2n) is 5.37. The third-order valence-corrected chi connectivity index (χ3v) is 3.84. The highest BCUT2D eigenvalue weighted by Crippen LogP contribution is 2.36. The lowest BCUT2D eigenvalue weighted by atomic mass is 10.0. The minimum Gasteiger partial charge on any atom is -0.489 e. The van der Waals surface area contributed by atoms with Gasteiger partial charge in [-0.25, -0.2) is 0 Å². The zero-order valence-corrected chi connectivity index (χ0v) is 13.6. The third-order valence-electron chi connectivity index (χ3n) is 3.84. The molecule has 1 N–H and O–H groups in total. The Balaban J connectivity index is 2.16. The van der Waals surface area contributed by atoms with Crippen LogP contribution in [-0.2, 0) is 4.74 Å². The first-order valence-corrected chi connectivity index (χ1v) is 7.68. The van der Waals surface area contributed by atoms with Gasteiger partial charge in [-0.05, 0) is 36.8 Å². The predicted molar refractivity (Wildman–Crippen MR) is 97.2 cm³/mol. The molecule has 0 aliphatic carbocycles. The average Bonchev–Trinajstić information content (AvgIpc) is 2.98. The summed E-state index contributed by atoms with van der Waals surface area (Å²) in [5.41, 5.74) is 6.16. The molecular weight excluding hydrogens is 298 g/mol. The molecule has 3 heterocycles. The van der Waals surface area contributed by atoms with Crippen LogP contribution in [0, 0.1) is 6.92 Å². The minimum absolute atomic E-state index is 0.420. The number of rotatable bonds is 6. The first-order chi connectivity index (χ1) is 11.7. The van der Waals surface area contributed by atoms with Gasteiger partial charge >= 0.3 is 0 Å². The number of aromatic nitrogens is 3. The Bertz CT molecular complexity index is 851. The molecule has 0 bridgehead atoms. The van der Waals surface area contributed by atoms with E-state index in [0.29, 0.717) is 12.4 Å². The summed E-state index contributed by atoms with van der Waals surface area (Å²) in [6.45, 7) is 10.3. The molecule has 0 amide bonds. The molecule has 0 aliphatic heterocycles. The third kappa shape index (κ3) is 2.99. The van der Waals surface area contributed by atoms with Crippen LogP contribution in [0.5, 0.6) is 0 Å². The van der Waals surface area contributed by atoms with Gasteiger partial charge in [-0.1, -0.05) is 19.2 Å². The molecule has 0 saturated carbocycles. The normalized spacial score (nSPS) is 10.4. The average molecular weight is 317 g/mol. The number of H-pyrrole nitrogens is 1. The summed E-state index contributed by atoms with van der Waals surface area (Å²) in [5.74, 6) is 0.621. The summed E-state index contributed by atoms with van der Waals surface area (Å²) in [7, 11) is 0. The van der Waals surface area contributed by atoms with Gasteiger partial charge < -0.3 is 9.72 Å². The van der Waals surface area contributed by atoms with E-state index < -0.39 is 0 Å². The number of nitrogens with one attached hydrogen (secondary N) is 1. The van der Waals surface area contributed by atoms with E-state index in [4.69, 9.17) is 4.74 Å². The fraction of sp³-hybridized carbons (Fsp3) is 0.100. The van der Waals surface area contributed by atoms with Crippen molar-refractivity contribution in [1.82, 2.24) is 15.0 Å². The summed E-state index contributed by atoms with van der Waals surface area (Å²) in [5, 5.41) is 0. The van der Waals surface area contributed by atoms with E-state index in [2.05, 4.69) is 35.0 Å². The highest BCUT2D eigenvalue weighted by Gasteiger charge is 2.19. The van der Waals surface area contributed by atoms with Crippen molar-refractivity contribution >= 4 is 5.76 Å². The molecule has 0 spiro atoms. The molecule has 3 rings (SSSR count). The number of nitrogens with zero attached hydrogens (tertiary/aromatic N) is 2. The van der Waals surface area contributed by atoms with Crippen LogP contribution in [0.3, 0.4) is 0 Å². The maximum absolute atomic E-state index is 5.71. The quantitative estimate of drug-likeness (QED) is 0.533. The lowest BCUT2D eigenvalue weighted by Crippen LogP contribution is -1.94. The second kappa shape index (κ2) is 6.96. The molecule has 4 heteroatoms. The molecule has 0 aromatic carbocycles. The summed E-state index contributed by atoms with van der Waals surface area (Å²) in [4.78, 5) is 11.7. The summed E-state index contributed by atoms with van der Waals surface area (Å²) in [6, 6.07) is 7.89. The van der Waals surface area contributed by atoms with Gasteiger partial charge in [0.1, 0.15) is 12.4 Å². The smallest absolute Gasteiger partial charge is 0.122 e. The van der Waals surface area contributed by atoms with Crippen LogP contribution in [0.2, 0.25) is 0 Å². The lowest BCUT2D eigenvalue weighted by Gasteiger charge is -2.10. The Kier molecular flexibility index (Phi) is 4.57.